The molecule has 4 aliphatic rings. The third-order valence-corrected chi connectivity index (χ3v) is 37.7. The lowest BCUT2D eigenvalue weighted by Gasteiger charge is -2.45. The van der Waals surface area contributed by atoms with E-state index >= 15 is 0 Å². The van der Waals surface area contributed by atoms with Crippen LogP contribution in [0.5, 0.6) is 23.0 Å². The molecule has 10 heteroatoms. The fraction of sp³-hybridized carbons (Fsp3) is 0. The van der Waals surface area contributed by atoms with Crippen LogP contribution in [0.15, 0.2) is 484 Å². The maximum Gasteiger partial charge on any atom is 0.184 e. The van der Waals surface area contributed by atoms with Gasteiger partial charge in [0, 0.05) is 72.5 Å². The van der Waals surface area contributed by atoms with E-state index < -0.39 is 16.1 Å². The minimum Gasteiger partial charge on any atom is -0.456 e. The highest BCUT2D eigenvalue weighted by Crippen LogP contribution is 2.58. The van der Waals surface area contributed by atoms with Crippen LogP contribution in [0.3, 0.4) is 0 Å². The van der Waals surface area contributed by atoms with Gasteiger partial charge in [0.05, 0.1) is 50.8 Å². The van der Waals surface area contributed by atoms with Crippen molar-refractivity contribution in [1.82, 2.24) is 4.57 Å². The van der Waals surface area contributed by atoms with Gasteiger partial charge in [-0.3, -0.25) is 0 Å². The normalized spacial score (nSPS) is 13.6. The quantitative estimate of drug-likeness (QED) is 0.105. The summed E-state index contributed by atoms with van der Waals surface area (Å²) in [6.07, 6.45) is 0. The Labute approximate surface area is 764 Å². The first-order valence-corrected chi connectivity index (χ1v) is 49.3. The second kappa shape index (κ2) is 29.8. The Balaban J connectivity index is 0.000000138. The van der Waals surface area contributed by atoms with Crippen LogP contribution < -0.4 is 70.6 Å². The number of nitrogens with zero attached hydrogens (tertiary/aromatic N) is 5. The van der Waals surface area contributed by atoms with E-state index in [4.69, 9.17) is 13.9 Å². The third-order valence-electron chi connectivity index (χ3n) is 28.0. The predicted molar refractivity (Wildman–Crippen MR) is 555 cm³/mol. The molecule has 0 amide bonds. The molecule has 618 valence electrons. The number of fused-ring (bicyclic) bond motifs is 22. The Morgan fingerprint density at radius 2 is 0.545 bits per heavy atom. The summed E-state index contributed by atoms with van der Waals surface area (Å²) >= 11 is 0. The van der Waals surface area contributed by atoms with Gasteiger partial charge in [0.1, 0.15) is 11.2 Å². The number of aromatic nitrogens is 1. The molecule has 4 aliphatic heterocycles. The van der Waals surface area contributed by atoms with E-state index in [-0.39, 0.29) is 0 Å². The van der Waals surface area contributed by atoms with Gasteiger partial charge in [0.25, 0.3) is 0 Å². The van der Waals surface area contributed by atoms with Gasteiger partial charge in [-0.2, -0.15) is 0 Å². The number of benzene rings is 22. The van der Waals surface area contributed by atoms with Crippen LogP contribution in [-0.2, 0) is 0 Å². The molecule has 2 aromatic heterocycles. The second-order valence-corrected chi connectivity index (χ2v) is 42.3. The SMILES string of the molecule is c1ccc(-n2c3ccccc3c3cc4c(cc32)N(c2cc3c5ccccc5c(N5c6ccccc6Oc6ccccc65)cc3c3ccccc23)c2ccccc2O4)cc1.c1ccc([Si]2(c3ccccc3)c3ccccc3N(c3ccc4c(ccc5cc(N6c7ccccc7[Si](c7ccccc7)(c7ccccc7)c7cc8c(cc76)oc6ccccc68)ccc54)c3)c3ccccc32)cc1. The summed E-state index contributed by atoms with van der Waals surface area (Å²) in [4.78, 5) is 9.79. The summed E-state index contributed by atoms with van der Waals surface area (Å²) in [7, 11) is -5.63. The van der Waals surface area contributed by atoms with E-state index in [0.29, 0.717) is 0 Å². The molecule has 6 heterocycles. The van der Waals surface area contributed by atoms with Gasteiger partial charge in [-0.25, -0.2) is 0 Å². The molecule has 0 radical (unpaired) electrons. The van der Waals surface area contributed by atoms with Crippen LogP contribution in [0, 0.1) is 0 Å². The molecule has 24 aromatic rings. The molecular weight excluding hydrogens is 1640 g/mol. The molecule has 22 aromatic carbocycles. The maximum absolute atomic E-state index is 6.84. The van der Waals surface area contributed by atoms with Crippen LogP contribution in [0.4, 0.5) is 68.2 Å². The Morgan fingerprint density at radius 1 is 0.167 bits per heavy atom. The zero-order chi connectivity index (χ0) is 86.7. The highest BCUT2D eigenvalue weighted by molar-refractivity contribution is 7.22. The van der Waals surface area contributed by atoms with Gasteiger partial charge >= 0.3 is 0 Å². The maximum atomic E-state index is 6.84. The number of hydrogen-bond donors (Lipinski definition) is 0. The number of para-hydroxylation sites is 12. The Kier molecular flexibility index (Phi) is 17.0. The zero-order valence-corrected chi connectivity index (χ0v) is 73.6. The van der Waals surface area contributed by atoms with Gasteiger partial charge in [0.15, 0.2) is 39.1 Å². The van der Waals surface area contributed by atoms with Crippen molar-refractivity contribution in [2.45, 2.75) is 0 Å². The van der Waals surface area contributed by atoms with Crippen LogP contribution in [-0.4, -0.2) is 20.7 Å². The Hall–Kier alpha value is -17.0. The molecule has 0 saturated carbocycles. The van der Waals surface area contributed by atoms with Gasteiger partial charge in [-0.1, -0.05) is 340 Å². The molecule has 0 bridgehead atoms. The first kappa shape index (κ1) is 75.2. The average Bonchev–Trinajstić information content (AvgIpc) is 1.20. The van der Waals surface area contributed by atoms with Gasteiger partial charge < -0.3 is 38.1 Å². The van der Waals surface area contributed by atoms with Crippen molar-refractivity contribution in [3.05, 3.63) is 479 Å². The van der Waals surface area contributed by atoms with E-state index in [0.717, 1.165) is 129 Å². The van der Waals surface area contributed by atoms with Crippen molar-refractivity contribution in [3.63, 3.8) is 0 Å². The fourth-order valence-electron chi connectivity index (χ4n) is 22.5. The largest absolute Gasteiger partial charge is 0.456 e. The summed E-state index contributed by atoms with van der Waals surface area (Å²) in [5.41, 5.74) is 18.5. The number of anilines is 12. The lowest BCUT2D eigenvalue weighted by molar-refractivity contribution is 0.477. The lowest BCUT2D eigenvalue weighted by Crippen LogP contribution is -2.77. The molecule has 0 N–H and O–H groups in total. The van der Waals surface area contributed by atoms with Crippen molar-refractivity contribution >= 4 is 223 Å². The van der Waals surface area contributed by atoms with Crippen molar-refractivity contribution in [3.8, 4) is 28.7 Å². The molecule has 0 spiro atoms. The van der Waals surface area contributed by atoms with Crippen LogP contribution >= 0.6 is 0 Å². The summed E-state index contributed by atoms with van der Waals surface area (Å²) in [5.74, 6) is 3.31. The minimum atomic E-state index is -2.91. The number of hydrogen-bond acceptors (Lipinski definition) is 7. The third kappa shape index (κ3) is 11.2. The predicted octanol–water partition coefficient (Wildman–Crippen LogP) is 27.6. The van der Waals surface area contributed by atoms with Crippen LogP contribution in [0.1, 0.15) is 0 Å². The topological polar surface area (TPSA) is 49.5 Å². The monoisotopic (exact) mass is 1720 g/mol. The molecule has 0 atom stereocenters. The second-order valence-electron chi connectivity index (χ2n) is 34.8. The highest BCUT2D eigenvalue weighted by atomic mass is 28.3. The summed E-state index contributed by atoms with van der Waals surface area (Å²) in [6.45, 7) is 0. The highest BCUT2D eigenvalue weighted by Gasteiger charge is 2.51. The van der Waals surface area contributed by atoms with Crippen molar-refractivity contribution < 1.29 is 13.9 Å². The van der Waals surface area contributed by atoms with Crippen molar-refractivity contribution in [2.75, 3.05) is 19.6 Å². The molecule has 132 heavy (non-hydrogen) atoms. The standard InChI is InChI=1S/C68H46N2OSi2.C54H33N3O2/c1-5-21-51(22-6-1)72(52-23-7-2-8-24-52)65-34-18-14-30-59(65)69(60-31-15-19-35-66(60)72)49-39-41-55-47(43-49)37-38-48-44-50(40-42-56(48)55)70-61-32-16-20-36-67(61)73(53-25-9-3-10-26-53,54-27-11-4-12-28-54)68-45-58-57-29-13-17-33-63(57)71-64(58)46-62(68)70;1-2-16-34(17-3-1)55-43-23-9-8-22-39(43)42-32-54-50(33-49(42)55)57(46-26-12-15-29-53(46)59-54)48-31-41-35-18-4-6-20-37(35)47(30-40(41)36-19-5-7-21-38(36)48)56-44-24-10-13-27-51(44)58-52-28-14-11-25-45(52)56/h1-46H;1-33H. The molecule has 8 nitrogen and oxygen atoms in total. The average molecular weight is 1720 g/mol. The molecule has 0 saturated heterocycles. The number of ether oxygens (including phenoxy) is 2. The van der Waals surface area contributed by atoms with Crippen LogP contribution in [0.2, 0.25) is 0 Å². The van der Waals surface area contributed by atoms with Crippen molar-refractivity contribution in [1.29, 1.82) is 0 Å². The molecule has 0 fully saturated rings. The first-order valence-electron chi connectivity index (χ1n) is 45.3. The number of rotatable bonds is 9. The van der Waals surface area contributed by atoms with Gasteiger partial charge in [-0.05, 0) is 218 Å². The van der Waals surface area contributed by atoms with E-state index in [1.54, 1.807) is 0 Å². The Morgan fingerprint density at radius 3 is 1.04 bits per heavy atom. The summed E-state index contributed by atoms with van der Waals surface area (Å²) < 4.78 is 22.4. The molecule has 0 unspecified atom stereocenters. The molecular formula is C122H79N5O3Si2. The van der Waals surface area contributed by atoms with E-state index in [9.17, 15) is 0 Å². The van der Waals surface area contributed by atoms with E-state index in [1.807, 2.05) is 24.3 Å². The number of furan rings is 1. The minimum absolute atomic E-state index is 0.820. The van der Waals surface area contributed by atoms with E-state index in [2.05, 4.69) is 479 Å². The van der Waals surface area contributed by atoms with Crippen LogP contribution in [0.25, 0.3) is 103 Å². The lowest BCUT2D eigenvalue weighted by atomic mass is 9.93. The first-order chi connectivity index (χ1) is 65.5. The summed E-state index contributed by atoms with van der Waals surface area (Å²) in [5, 5.41) is 27.5. The van der Waals surface area contributed by atoms with Gasteiger partial charge in [-0.15, -0.1) is 0 Å². The van der Waals surface area contributed by atoms with E-state index in [1.165, 1.54) is 107 Å². The smallest absolute Gasteiger partial charge is 0.184 e. The molecule has 28 rings (SSSR count). The van der Waals surface area contributed by atoms with Crippen molar-refractivity contribution in [2.24, 2.45) is 0 Å². The fourth-order valence-corrected chi connectivity index (χ4v) is 32.8. The van der Waals surface area contributed by atoms with Gasteiger partial charge in [0.2, 0.25) is 0 Å². The zero-order valence-electron chi connectivity index (χ0n) is 71.6. The Bertz CT molecular complexity index is 8680. The molecule has 0 aliphatic carbocycles. The summed E-state index contributed by atoms with van der Waals surface area (Å²) in [6, 6.07) is 176.